The molecule has 1 fully saturated rings. The van der Waals surface area contributed by atoms with E-state index < -0.39 is 0 Å². The molecule has 2 N–H and O–H groups in total. The number of pyridine rings is 1. The number of aromatic amines is 1. The first kappa shape index (κ1) is 17.7. The summed E-state index contributed by atoms with van der Waals surface area (Å²) in [5.74, 6) is 0.164. The van der Waals surface area contributed by atoms with Gasteiger partial charge in [-0.05, 0) is 36.2 Å². The Morgan fingerprint density at radius 2 is 2.11 bits per heavy atom. The zero-order valence-electron chi connectivity index (χ0n) is 14.9. The second-order valence-electron chi connectivity index (χ2n) is 6.46. The number of aromatic nitrogens is 3. The van der Waals surface area contributed by atoms with Crippen LogP contribution in [0.15, 0.2) is 53.6 Å². The highest BCUT2D eigenvalue weighted by atomic mass is 16.5. The van der Waals surface area contributed by atoms with Gasteiger partial charge in [0, 0.05) is 19.0 Å². The van der Waals surface area contributed by atoms with Crippen LogP contribution in [0.4, 0.5) is 0 Å². The summed E-state index contributed by atoms with van der Waals surface area (Å²) in [7, 11) is 0. The third-order valence-electron chi connectivity index (χ3n) is 4.60. The molecule has 2 aromatic heterocycles. The molecule has 3 aromatic rings. The lowest BCUT2D eigenvalue weighted by molar-refractivity contribution is 0.0929. The van der Waals surface area contributed by atoms with Gasteiger partial charge in [-0.25, -0.2) is 9.67 Å². The first-order valence-electron chi connectivity index (χ1n) is 8.82. The standard InChI is InChI=1S/C20H17N5O3/c21-9-13-1-3-14(4-2-13)17-11-23-25(20(17)27)18-6-5-15(10-22-18)19(26)24-16-7-8-28-12-16/h1-6,10-11,16,23H,7-8,12H2,(H,24,26). The number of ether oxygens (including phenoxy) is 1. The minimum absolute atomic E-state index is 0.0215. The Balaban J connectivity index is 1.54. The maximum absolute atomic E-state index is 12.7. The third kappa shape index (κ3) is 3.43. The Bertz CT molecular complexity index is 1080. The summed E-state index contributed by atoms with van der Waals surface area (Å²) in [5.41, 5.74) is 1.85. The van der Waals surface area contributed by atoms with Crippen LogP contribution in [0.2, 0.25) is 0 Å². The zero-order chi connectivity index (χ0) is 19.5. The van der Waals surface area contributed by atoms with E-state index in [0.717, 1.165) is 6.42 Å². The van der Waals surface area contributed by atoms with Gasteiger partial charge >= 0.3 is 0 Å². The fourth-order valence-electron chi connectivity index (χ4n) is 3.04. The van der Waals surface area contributed by atoms with Crippen LogP contribution >= 0.6 is 0 Å². The Morgan fingerprint density at radius 3 is 2.75 bits per heavy atom. The molecule has 1 aliphatic heterocycles. The summed E-state index contributed by atoms with van der Waals surface area (Å²) in [6, 6.07) is 12.1. The number of benzene rings is 1. The van der Waals surface area contributed by atoms with Crippen molar-refractivity contribution < 1.29 is 9.53 Å². The molecule has 8 nitrogen and oxygen atoms in total. The lowest BCUT2D eigenvalue weighted by Crippen LogP contribution is -2.35. The summed E-state index contributed by atoms with van der Waals surface area (Å²) < 4.78 is 6.55. The Kier molecular flexibility index (Phi) is 4.74. The normalized spacial score (nSPS) is 15.9. The second-order valence-corrected chi connectivity index (χ2v) is 6.46. The molecule has 0 radical (unpaired) electrons. The number of nitrogens with one attached hydrogen (secondary N) is 2. The molecule has 4 rings (SSSR count). The minimum Gasteiger partial charge on any atom is -0.379 e. The van der Waals surface area contributed by atoms with Gasteiger partial charge in [-0.2, -0.15) is 5.26 Å². The molecule has 1 atom stereocenters. The molecule has 0 aliphatic carbocycles. The van der Waals surface area contributed by atoms with E-state index in [9.17, 15) is 9.59 Å². The molecule has 1 aliphatic rings. The van der Waals surface area contributed by atoms with Gasteiger partial charge < -0.3 is 10.1 Å². The van der Waals surface area contributed by atoms with E-state index in [2.05, 4.69) is 15.4 Å². The molecular weight excluding hydrogens is 358 g/mol. The zero-order valence-corrected chi connectivity index (χ0v) is 14.9. The number of nitriles is 1. The maximum Gasteiger partial charge on any atom is 0.280 e. The van der Waals surface area contributed by atoms with E-state index >= 15 is 0 Å². The van der Waals surface area contributed by atoms with Crippen LogP contribution in [0.3, 0.4) is 0 Å². The number of H-pyrrole nitrogens is 1. The van der Waals surface area contributed by atoms with Crippen molar-refractivity contribution in [3.8, 4) is 23.0 Å². The summed E-state index contributed by atoms with van der Waals surface area (Å²) in [4.78, 5) is 29.2. The average molecular weight is 375 g/mol. The van der Waals surface area contributed by atoms with Crippen molar-refractivity contribution in [1.29, 1.82) is 5.26 Å². The van der Waals surface area contributed by atoms with Crippen molar-refractivity contribution in [3.63, 3.8) is 0 Å². The van der Waals surface area contributed by atoms with Crippen LogP contribution in [0.25, 0.3) is 16.9 Å². The van der Waals surface area contributed by atoms with Crippen LogP contribution in [-0.2, 0) is 4.74 Å². The van der Waals surface area contributed by atoms with Crippen molar-refractivity contribution in [2.24, 2.45) is 0 Å². The highest BCUT2D eigenvalue weighted by Crippen LogP contribution is 2.16. The number of hydrogen-bond acceptors (Lipinski definition) is 5. The van der Waals surface area contributed by atoms with Gasteiger partial charge in [0.05, 0.1) is 35.4 Å². The van der Waals surface area contributed by atoms with Crippen LogP contribution in [0.1, 0.15) is 22.3 Å². The first-order valence-corrected chi connectivity index (χ1v) is 8.82. The van der Waals surface area contributed by atoms with E-state index in [4.69, 9.17) is 10.00 Å². The molecule has 140 valence electrons. The Morgan fingerprint density at radius 1 is 1.29 bits per heavy atom. The van der Waals surface area contributed by atoms with Gasteiger partial charge in [-0.1, -0.05) is 12.1 Å². The molecule has 0 saturated carbocycles. The number of nitrogens with zero attached hydrogens (tertiary/aromatic N) is 3. The maximum atomic E-state index is 12.7. The molecule has 1 amide bonds. The van der Waals surface area contributed by atoms with Crippen LogP contribution in [-0.4, -0.2) is 39.9 Å². The van der Waals surface area contributed by atoms with Crippen LogP contribution < -0.4 is 10.9 Å². The molecule has 1 saturated heterocycles. The lowest BCUT2D eigenvalue weighted by atomic mass is 10.1. The number of carbonyl (C=O) groups excluding carboxylic acids is 1. The van der Waals surface area contributed by atoms with E-state index in [-0.39, 0.29) is 17.5 Å². The summed E-state index contributed by atoms with van der Waals surface area (Å²) in [5, 5.41) is 14.7. The fraction of sp³-hybridized carbons (Fsp3) is 0.200. The summed E-state index contributed by atoms with van der Waals surface area (Å²) in [6.45, 7) is 1.17. The predicted molar refractivity (Wildman–Crippen MR) is 101 cm³/mol. The predicted octanol–water partition coefficient (Wildman–Crippen LogP) is 1.62. The van der Waals surface area contributed by atoms with Crippen molar-refractivity contribution in [2.75, 3.05) is 13.2 Å². The molecule has 1 aromatic carbocycles. The van der Waals surface area contributed by atoms with Gasteiger partial charge in [-0.3, -0.25) is 14.7 Å². The van der Waals surface area contributed by atoms with Crippen LogP contribution in [0, 0.1) is 11.3 Å². The summed E-state index contributed by atoms with van der Waals surface area (Å²) in [6.07, 6.45) is 3.83. The van der Waals surface area contributed by atoms with Gasteiger partial charge in [0.15, 0.2) is 5.82 Å². The Labute approximate surface area is 160 Å². The molecule has 28 heavy (non-hydrogen) atoms. The van der Waals surface area contributed by atoms with Crippen molar-refractivity contribution in [3.05, 3.63) is 70.3 Å². The minimum atomic E-state index is -0.266. The highest BCUT2D eigenvalue weighted by Gasteiger charge is 2.19. The molecular formula is C20H17N5O3. The van der Waals surface area contributed by atoms with Crippen molar-refractivity contribution in [1.82, 2.24) is 20.1 Å². The Hall–Kier alpha value is -3.70. The molecule has 3 heterocycles. The molecule has 0 bridgehead atoms. The number of carbonyl (C=O) groups is 1. The topological polar surface area (TPSA) is 113 Å². The van der Waals surface area contributed by atoms with Crippen LogP contribution in [0.5, 0.6) is 0 Å². The van der Waals surface area contributed by atoms with E-state index in [0.29, 0.717) is 41.3 Å². The highest BCUT2D eigenvalue weighted by molar-refractivity contribution is 5.94. The van der Waals surface area contributed by atoms with Crippen molar-refractivity contribution in [2.45, 2.75) is 12.5 Å². The molecule has 1 unspecified atom stereocenters. The third-order valence-corrected chi connectivity index (χ3v) is 4.60. The van der Waals surface area contributed by atoms with E-state index in [1.165, 1.54) is 10.9 Å². The number of rotatable bonds is 4. The smallest absolute Gasteiger partial charge is 0.280 e. The lowest BCUT2D eigenvalue weighted by Gasteiger charge is -2.10. The van der Waals surface area contributed by atoms with E-state index in [1.54, 1.807) is 42.6 Å². The van der Waals surface area contributed by atoms with E-state index in [1.807, 2.05) is 6.07 Å². The molecule has 8 heteroatoms. The quantitative estimate of drug-likeness (QED) is 0.719. The van der Waals surface area contributed by atoms with Crippen molar-refractivity contribution >= 4 is 5.91 Å². The SMILES string of the molecule is N#Cc1ccc(-c2c[nH]n(-c3ccc(C(=O)NC4CCOC4)cn3)c2=O)cc1. The number of amides is 1. The van der Waals surface area contributed by atoms with Gasteiger partial charge in [-0.15, -0.1) is 0 Å². The first-order chi connectivity index (χ1) is 13.7. The largest absolute Gasteiger partial charge is 0.379 e. The monoisotopic (exact) mass is 375 g/mol. The summed E-state index contributed by atoms with van der Waals surface area (Å²) >= 11 is 0. The average Bonchev–Trinajstić information content (AvgIpc) is 3.38. The van der Waals surface area contributed by atoms with Gasteiger partial charge in [0.1, 0.15) is 0 Å². The number of hydrogen-bond donors (Lipinski definition) is 2. The fourth-order valence-corrected chi connectivity index (χ4v) is 3.04. The van der Waals surface area contributed by atoms with Gasteiger partial charge in [0.25, 0.3) is 11.5 Å². The second kappa shape index (κ2) is 7.50. The van der Waals surface area contributed by atoms with Gasteiger partial charge in [0.2, 0.25) is 0 Å². The molecule has 0 spiro atoms.